The lowest BCUT2D eigenvalue weighted by Gasteiger charge is -2.04. The summed E-state index contributed by atoms with van der Waals surface area (Å²) in [6, 6.07) is 14.0. The molecular formula is C19H20N2OS2. The Balaban J connectivity index is 1.93. The molecule has 0 bridgehead atoms. The van der Waals surface area contributed by atoms with Gasteiger partial charge in [-0.05, 0) is 48.9 Å². The van der Waals surface area contributed by atoms with Gasteiger partial charge in [-0.1, -0.05) is 31.3 Å². The Kier molecular flexibility index (Phi) is 4.92. The van der Waals surface area contributed by atoms with Gasteiger partial charge in [0.05, 0.1) is 10.2 Å². The van der Waals surface area contributed by atoms with Crippen molar-refractivity contribution < 1.29 is 4.79 Å². The van der Waals surface area contributed by atoms with Crippen LogP contribution in [0.25, 0.3) is 10.2 Å². The molecule has 0 N–H and O–H groups in total. The molecule has 3 aromatic rings. The number of carbonyl (C=O) groups excluding carboxylic acids is 1. The van der Waals surface area contributed by atoms with Crippen LogP contribution in [0.3, 0.4) is 0 Å². The third kappa shape index (κ3) is 3.62. The van der Waals surface area contributed by atoms with Gasteiger partial charge < -0.3 is 4.57 Å². The number of rotatable bonds is 3. The van der Waals surface area contributed by atoms with Gasteiger partial charge in [-0.25, -0.2) is 0 Å². The largest absolute Gasteiger partial charge is 0.319 e. The van der Waals surface area contributed by atoms with Crippen LogP contribution in [0, 0.1) is 6.92 Å². The zero-order valence-corrected chi connectivity index (χ0v) is 15.9. The first-order valence-electron chi connectivity index (χ1n) is 7.86. The Hall–Kier alpha value is -1.85. The monoisotopic (exact) mass is 356 g/mol. The number of aromatic nitrogens is 1. The van der Waals surface area contributed by atoms with E-state index in [2.05, 4.69) is 44.0 Å². The van der Waals surface area contributed by atoms with Crippen LogP contribution in [0.5, 0.6) is 0 Å². The molecule has 0 aliphatic heterocycles. The lowest BCUT2D eigenvalue weighted by molar-refractivity contribution is 0.0998. The van der Waals surface area contributed by atoms with Crippen LogP contribution >= 0.6 is 23.1 Å². The van der Waals surface area contributed by atoms with E-state index in [1.54, 1.807) is 23.1 Å². The summed E-state index contributed by atoms with van der Waals surface area (Å²) in [5, 5.41) is 0.525. The van der Waals surface area contributed by atoms with E-state index in [1.807, 2.05) is 35.9 Å². The van der Waals surface area contributed by atoms with Gasteiger partial charge in [-0.3, -0.25) is 4.79 Å². The zero-order chi connectivity index (χ0) is 17.3. The number of benzene rings is 2. The minimum Gasteiger partial charge on any atom is -0.319 e. The summed E-state index contributed by atoms with van der Waals surface area (Å²) < 4.78 is 3.12. The Morgan fingerprint density at radius 2 is 1.88 bits per heavy atom. The second-order valence-corrected chi connectivity index (χ2v) is 8.68. The molecule has 0 atom stereocenters. The summed E-state index contributed by atoms with van der Waals surface area (Å²) in [7, 11) is 1.95. The molecule has 0 unspecified atom stereocenters. The van der Waals surface area contributed by atoms with E-state index in [0.717, 1.165) is 15.0 Å². The van der Waals surface area contributed by atoms with Gasteiger partial charge in [-0.2, -0.15) is 4.99 Å². The predicted octanol–water partition coefficient (Wildman–Crippen LogP) is 4.79. The topological polar surface area (TPSA) is 34.4 Å². The summed E-state index contributed by atoms with van der Waals surface area (Å²) in [6.07, 6.45) is 0. The fourth-order valence-corrected chi connectivity index (χ4v) is 4.40. The summed E-state index contributed by atoms with van der Waals surface area (Å²) in [5.41, 5.74) is 2.93. The van der Waals surface area contributed by atoms with Crippen molar-refractivity contribution in [1.82, 2.24) is 4.57 Å². The van der Waals surface area contributed by atoms with Crippen molar-refractivity contribution in [3.63, 3.8) is 0 Å². The number of hydrogen-bond donors (Lipinski definition) is 0. The van der Waals surface area contributed by atoms with Crippen molar-refractivity contribution in [1.29, 1.82) is 0 Å². The number of thioether (sulfide) groups is 1. The Morgan fingerprint density at radius 1 is 1.17 bits per heavy atom. The Morgan fingerprint density at radius 3 is 2.54 bits per heavy atom. The smallest absolute Gasteiger partial charge is 0.279 e. The Bertz CT molecular complexity index is 950. The fraction of sp³-hybridized carbons (Fsp3) is 0.263. The molecule has 1 aromatic heterocycles. The highest BCUT2D eigenvalue weighted by Crippen LogP contribution is 2.23. The van der Waals surface area contributed by atoms with Gasteiger partial charge in [0.25, 0.3) is 5.91 Å². The fourth-order valence-electron chi connectivity index (χ4n) is 2.45. The molecule has 3 nitrogen and oxygen atoms in total. The first-order valence-corrected chi connectivity index (χ1v) is 9.55. The van der Waals surface area contributed by atoms with E-state index in [0.29, 0.717) is 10.8 Å². The molecule has 0 radical (unpaired) electrons. The van der Waals surface area contributed by atoms with E-state index in [4.69, 9.17) is 0 Å². The highest BCUT2D eigenvalue weighted by molar-refractivity contribution is 7.99. The maximum absolute atomic E-state index is 12.5. The molecule has 1 amide bonds. The Labute approximate surface area is 150 Å². The zero-order valence-electron chi connectivity index (χ0n) is 14.2. The normalized spacial score (nSPS) is 12.3. The first kappa shape index (κ1) is 17.0. The van der Waals surface area contributed by atoms with E-state index in [-0.39, 0.29) is 5.91 Å². The maximum atomic E-state index is 12.5. The third-order valence-corrected chi connectivity index (χ3v) is 5.75. The van der Waals surface area contributed by atoms with E-state index >= 15 is 0 Å². The summed E-state index contributed by atoms with van der Waals surface area (Å²) in [4.78, 5) is 18.7. The standard InChI is InChI=1S/C19H20N2OS2/c1-12(2)23-15-8-6-14(7-9-15)18(22)20-19-21(4)16-10-5-13(3)11-17(16)24-19/h5-12H,1-4H3. The first-order chi connectivity index (χ1) is 11.4. The molecule has 0 spiro atoms. The molecule has 0 aliphatic rings. The number of aryl methyl sites for hydroxylation is 2. The lowest BCUT2D eigenvalue weighted by atomic mass is 10.2. The van der Waals surface area contributed by atoms with Gasteiger partial charge in [0.2, 0.25) is 0 Å². The molecule has 3 rings (SSSR count). The number of carbonyl (C=O) groups is 1. The van der Waals surface area contributed by atoms with Crippen molar-refractivity contribution in [3.8, 4) is 0 Å². The molecule has 0 saturated heterocycles. The summed E-state index contributed by atoms with van der Waals surface area (Å²) in [5.74, 6) is -0.199. The SMILES string of the molecule is Cc1ccc2c(c1)sc(=NC(=O)c1ccc(SC(C)C)cc1)n2C. The summed E-state index contributed by atoms with van der Waals surface area (Å²) in [6.45, 7) is 6.38. The van der Waals surface area contributed by atoms with Crippen LogP contribution in [-0.2, 0) is 7.05 Å². The molecule has 2 aromatic carbocycles. The number of thiazole rings is 1. The van der Waals surface area contributed by atoms with E-state index < -0.39 is 0 Å². The predicted molar refractivity (Wildman–Crippen MR) is 103 cm³/mol. The molecule has 0 fully saturated rings. The number of hydrogen-bond acceptors (Lipinski definition) is 3. The van der Waals surface area contributed by atoms with Gasteiger partial charge in [0, 0.05) is 22.8 Å². The molecular weight excluding hydrogens is 336 g/mol. The highest BCUT2D eigenvalue weighted by atomic mass is 32.2. The molecule has 1 heterocycles. The van der Waals surface area contributed by atoms with Crippen molar-refractivity contribution in [2.24, 2.45) is 12.0 Å². The number of amides is 1. The molecule has 0 saturated carbocycles. The van der Waals surface area contributed by atoms with Crippen LogP contribution < -0.4 is 4.80 Å². The second kappa shape index (κ2) is 6.95. The number of nitrogens with zero attached hydrogens (tertiary/aromatic N) is 2. The minimum atomic E-state index is -0.199. The summed E-state index contributed by atoms with van der Waals surface area (Å²) >= 11 is 3.33. The van der Waals surface area contributed by atoms with Crippen LogP contribution in [-0.4, -0.2) is 15.7 Å². The molecule has 5 heteroatoms. The van der Waals surface area contributed by atoms with Gasteiger partial charge in [0.15, 0.2) is 4.80 Å². The van der Waals surface area contributed by atoms with Crippen LogP contribution in [0.15, 0.2) is 52.4 Å². The second-order valence-electron chi connectivity index (χ2n) is 6.02. The van der Waals surface area contributed by atoms with Crippen molar-refractivity contribution >= 4 is 39.2 Å². The molecule has 0 aliphatic carbocycles. The molecule has 124 valence electrons. The minimum absolute atomic E-state index is 0.199. The van der Waals surface area contributed by atoms with Crippen molar-refractivity contribution in [2.45, 2.75) is 30.9 Å². The van der Waals surface area contributed by atoms with Crippen LogP contribution in [0.4, 0.5) is 0 Å². The van der Waals surface area contributed by atoms with Gasteiger partial charge >= 0.3 is 0 Å². The molecule has 24 heavy (non-hydrogen) atoms. The average molecular weight is 357 g/mol. The van der Waals surface area contributed by atoms with Crippen molar-refractivity contribution in [2.75, 3.05) is 0 Å². The highest BCUT2D eigenvalue weighted by Gasteiger charge is 2.08. The quantitative estimate of drug-likeness (QED) is 0.632. The van der Waals surface area contributed by atoms with Crippen LogP contribution in [0.1, 0.15) is 29.8 Å². The van der Waals surface area contributed by atoms with E-state index in [9.17, 15) is 4.79 Å². The number of fused-ring (bicyclic) bond motifs is 1. The van der Waals surface area contributed by atoms with Crippen molar-refractivity contribution in [3.05, 3.63) is 58.4 Å². The third-order valence-electron chi connectivity index (χ3n) is 3.64. The maximum Gasteiger partial charge on any atom is 0.279 e. The van der Waals surface area contributed by atoms with Crippen LogP contribution in [0.2, 0.25) is 0 Å². The van der Waals surface area contributed by atoms with Gasteiger partial charge in [0.1, 0.15) is 0 Å². The lowest BCUT2D eigenvalue weighted by Crippen LogP contribution is -2.13. The average Bonchev–Trinajstić information content (AvgIpc) is 2.82. The van der Waals surface area contributed by atoms with E-state index in [1.165, 1.54) is 10.5 Å². The van der Waals surface area contributed by atoms with Gasteiger partial charge in [-0.15, -0.1) is 11.8 Å².